The number of nitrogens with zero attached hydrogens (tertiary/aromatic N) is 3. The van der Waals surface area contributed by atoms with Crippen LogP contribution in [-0.2, 0) is 4.74 Å². The van der Waals surface area contributed by atoms with Gasteiger partial charge < -0.3 is 19.3 Å². The summed E-state index contributed by atoms with van der Waals surface area (Å²) in [5.74, 6) is 1.67. The van der Waals surface area contributed by atoms with E-state index in [1.807, 2.05) is 13.1 Å². The van der Waals surface area contributed by atoms with Crippen molar-refractivity contribution in [2.24, 2.45) is 5.92 Å². The zero-order valence-corrected chi connectivity index (χ0v) is 15.3. The highest BCUT2D eigenvalue weighted by molar-refractivity contribution is 5.68. The monoisotopic (exact) mass is 347 g/mol. The highest BCUT2D eigenvalue weighted by Gasteiger charge is 2.23. The second kappa shape index (κ2) is 8.41. The average molecular weight is 347 g/mol. The van der Waals surface area contributed by atoms with Gasteiger partial charge >= 0.3 is 6.09 Å². The van der Waals surface area contributed by atoms with Crippen LogP contribution in [0.3, 0.4) is 0 Å². The van der Waals surface area contributed by atoms with Crippen LogP contribution < -0.4 is 9.64 Å². The Balaban J connectivity index is 1.54. The van der Waals surface area contributed by atoms with E-state index in [1.54, 1.807) is 11.1 Å². The molecule has 1 amide bonds. The third kappa shape index (κ3) is 4.77. The van der Waals surface area contributed by atoms with Crippen LogP contribution >= 0.6 is 0 Å². The van der Waals surface area contributed by atoms with Crippen LogP contribution in [0.2, 0.25) is 0 Å². The Morgan fingerprint density at radius 1 is 1.16 bits per heavy atom. The minimum absolute atomic E-state index is 0.219. The molecule has 0 unspecified atom stereocenters. The Kier molecular flexibility index (Phi) is 6.00. The van der Waals surface area contributed by atoms with Crippen molar-refractivity contribution in [2.75, 3.05) is 37.7 Å². The van der Waals surface area contributed by atoms with Gasteiger partial charge in [-0.3, -0.25) is 4.98 Å². The lowest BCUT2D eigenvalue weighted by molar-refractivity contribution is 0.105. The normalized spacial score (nSPS) is 24.1. The molecule has 1 aromatic rings. The fraction of sp³-hybridized carbons (Fsp3) is 0.684. The summed E-state index contributed by atoms with van der Waals surface area (Å²) in [6.07, 6.45) is 8.51. The van der Waals surface area contributed by atoms with E-state index in [0.29, 0.717) is 25.8 Å². The second-order valence-corrected chi connectivity index (χ2v) is 7.05. The van der Waals surface area contributed by atoms with Gasteiger partial charge in [-0.25, -0.2) is 4.79 Å². The number of piperazine rings is 1. The zero-order valence-electron chi connectivity index (χ0n) is 15.3. The van der Waals surface area contributed by atoms with Crippen LogP contribution in [0.5, 0.6) is 5.75 Å². The van der Waals surface area contributed by atoms with Gasteiger partial charge in [-0.1, -0.05) is 6.92 Å². The van der Waals surface area contributed by atoms with E-state index in [4.69, 9.17) is 9.47 Å². The van der Waals surface area contributed by atoms with Crippen molar-refractivity contribution < 1.29 is 14.3 Å². The molecule has 1 saturated heterocycles. The predicted octanol–water partition coefficient (Wildman–Crippen LogP) is 3.32. The first-order valence-corrected chi connectivity index (χ1v) is 9.44. The fourth-order valence-electron chi connectivity index (χ4n) is 3.55. The number of pyridine rings is 1. The Hall–Kier alpha value is -1.98. The maximum atomic E-state index is 11.8. The van der Waals surface area contributed by atoms with Crippen molar-refractivity contribution in [1.82, 2.24) is 9.88 Å². The standard InChI is InChI=1S/C19H29N3O3/c1-3-24-19(23)22-10-8-21(9-11-22)16-12-18(14-20-13-16)25-17-6-4-15(2)5-7-17/h12-15,17H,3-11H2,1-2H3. The highest BCUT2D eigenvalue weighted by atomic mass is 16.6. The lowest BCUT2D eigenvalue weighted by Gasteiger charge is -2.35. The number of anilines is 1. The van der Waals surface area contributed by atoms with Crippen LogP contribution in [0.15, 0.2) is 18.5 Å². The maximum Gasteiger partial charge on any atom is 0.409 e. The number of amides is 1. The number of carbonyl (C=O) groups excluding carboxylic acids is 1. The van der Waals surface area contributed by atoms with E-state index >= 15 is 0 Å². The summed E-state index contributed by atoms with van der Waals surface area (Å²) < 4.78 is 11.2. The van der Waals surface area contributed by atoms with Crippen LogP contribution in [0.4, 0.5) is 10.5 Å². The number of carbonyl (C=O) groups is 1. The number of aromatic nitrogens is 1. The van der Waals surface area contributed by atoms with Gasteiger partial charge in [0, 0.05) is 32.2 Å². The molecule has 1 aromatic heterocycles. The Morgan fingerprint density at radius 3 is 2.56 bits per heavy atom. The lowest BCUT2D eigenvalue weighted by Crippen LogP contribution is -2.49. The third-order valence-corrected chi connectivity index (χ3v) is 5.14. The molecule has 2 aliphatic rings. The van der Waals surface area contributed by atoms with Gasteiger partial charge in [0.15, 0.2) is 0 Å². The highest BCUT2D eigenvalue weighted by Crippen LogP contribution is 2.28. The Labute approximate surface area is 150 Å². The zero-order chi connectivity index (χ0) is 17.6. The molecule has 138 valence electrons. The average Bonchev–Trinajstić information content (AvgIpc) is 2.64. The molecular formula is C19H29N3O3. The Bertz CT molecular complexity index is 565. The van der Waals surface area contributed by atoms with E-state index in [1.165, 1.54) is 12.8 Å². The summed E-state index contributed by atoms with van der Waals surface area (Å²) in [4.78, 5) is 20.2. The largest absolute Gasteiger partial charge is 0.489 e. The van der Waals surface area contributed by atoms with Gasteiger partial charge in [-0.2, -0.15) is 0 Å². The molecule has 0 atom stereocenters. The lowest BCUT2D eigenvalue weighted by atomic mass is 9.89. The van der Waals surface area contributed by atoms with Gasteiger partial charge in [-0.15, -0.1) is 0 Å². The van der Waals surface area contributed by atoms with Gasteiger partial charge in [0.05, 0.1) is 30.8 Å². The molecule has 0 N–H and O–H groups in total. The van der Waals surface area contributed by atoms with Crippen molar-refractivity contribution in [3.05, 3.63) is 18.5 Å². The minimum atomic E-state index is -0.219. The van der Waals surface area contributed by atoms with Gasteiger partial charge in [0.1, 0.15) is 5.75 Å². The first-order chi connectivity index (χ1) is 12.2. The number of ether oxygens (including phenoxy) is 2. The summed E-state index contributed by atoms with van der Waals surface area (Å²) in [5.41, 5.74) is 1.06. The quantitative estimate of drug-likeness (QED) is 0.836. The summed E-state index contributed by atoms with van der Waals surface area (Å²) in [6.45, 7) is 7.47. The summed E-state index contributed by atoms with van der Waals surface area (Å²) >= 11 is 0. The van der Waals surface area contributed by atoms with Crippen molar-refractivity contribution in [3.63, 3.8) is 0 Å². The molecule has 1 aliphatic heterocycles. The first kappa shape index (κ1) is 17.8. The molecule has 6 nitrogen and oxygen atoms in total. The molecule has 0 bridgehead atoms. The van der Waals surface area contributed by atoms with Crippen LogP contribution in [-0.4, -0.2) is 54.9 Å². The molecule has 25 heavy (non-hydrogen) atoms. The van der Waals surface area contributed by atoms with Crippen LogP contribution in [0.1, 0.15) is 39.5 Å². The van der Waals surface area contributed by atoms with E-state index in [0.717, 1.165) is 43.3 Å². The molecule has 1 aliphatic carbocycles. The van der Waals surface area contributed by atoms with Crippen LogP contribution in [0.25, 0.3) is 0 Å². The topological polar surface area (TPSA) is 54.9 Å². The van der Waals surface area contributed by atoms with Gasteiger partial charge in [-0.05, 0) is 38.5 Å². The first-order valence-electron chi connectivity index (χ1n) is 9.44. The summed E-state index contributed by atoms with van der Waals surface area (Å²) in [7, 11) is 0. The SMILES string of the molecule is CCOC(=O)N1CCN(c2cncc(OC3CCC(C)CC3)c2)CC1. The van der Waals surface area contributed by atoms with Crippen molar-refractivity contribution >= 4 is 11.8 Å². The molecular weight excluding hydrogens is 318 g/mol. The van der Waals surface area contributed by atoms with Crippen molar-refractivity contribution in [3.8, 4) is 5.75 Å². The maximum absolute atomic E-state index is 11.8. The van der Waals surface area contributed by atoms with Crippen LogP contribution in [0, 0.1) is 5.92 Å². The molecule has 0 aromatic carbocycles. The molecule has 2 fully saturated rings. The van der Waals surface area contributed by atoms with E-state index < -0.39 is 0 Å². The summed E-state index contributed by atoms with van der Waals surface area (Å²) in [6, 6.07) is 2.07. The molecule has 2 heterocycles. The Morgan fingerprint density at radius 2 is 1.88 bits per heavy atom. The number of rotatable bonds is 4. The smallest absolute Gasteiger partial charge is 0.409 e. The molecule has 0 radical (unpaired) electrons. The number of hydrogen-bond acceptors (Lipinski definition) is 5. The minimum Gasteiger partial charge on any atom is -0.489 e. The van der Waals surface area contributed by atoms with E-state index in [9.17, 15) is 4.79 Å². The van der Waals surface area contributed by atoms with E-state index in [2.05, 4.69) is 22.9 Å². The van der Waals surface area contributed by atoms with Gasteiger partial charge in [0.2, 0.25) is 0 Å². The molecule has 6 heteroatoms. The molecule has 1 saturated carbocycles. The second-order valence-electron chi connectivity index (χ2n) is 7.05. The van der Waals surface area contributed by atoms with Crippen molar-refractivity contribution in [1.29, 1.82) is 0 Å². The third-order valence-electron chi connectivity index (χ3n) is 5.14. The van der Waals surface area contributed by atoms with Gasteiger partial charge in [0.25, 0.3) is 0 Å². The molecule has 0 spiro atoms. The molecule has 3 rings (SSSR count). The summed E-state index contributed by atoms with van der Waals surface area (Å²) in [5, 5.41) is 0. The van der Waals surface area contributed by atoms with E-state index in [-0.39, 0.29) is 6.09 Å². The number of hydrogen-bond donors (Lipinski definition) is 0. The predicted molar refractivity (Wildman–Crippen MR) is 97.1 cm³/mol. The fourth-order valence-corrected chi connectivity index (χ4v) is 3.55. The van der Waals surface area contributed by atoms with Crippen molar-refractivity contribution in [2.45, 2.75) is 45.6 Å².